The molecule has 0 heterocycles. The molecule has 0 N–H and O–H groups in total. The van der Waals surface area contributed by atoms with Gasteiger partial charge in [-0.2, -0.15) is 0 Å². The number of allylic oxidation sites excluding steroid dienone is 4. The number of hydrogen-bond acceptors (Lipinski definition) is 0. The first-order chi connectivity index (χ1) is 4.59. The summed E-state index contributed by atoms with van der Waals surface area (Å²) in [4.78, 5) is 0. The number of halogens is 1. The fourth-order valence-corrected chi connectivity index (χ4v) is 0.670. The van der Waals surface area contributed by atoms with Crippen LogP contribution in [-0.2, 0) is 0 Å². The van der Waals surface area contributed by atoms with Crippen LogP contribution in [0.5, 0.6) is 0 Å². The van der Waals surface area contributed by atoms with E-state index in [0.717, 1.165) is 0 Å². The first-order valence-corrected chi connectivity index (χ1v) is 3.21. The molecule has 0 fully saturated rings. The van der Waals surface area contributed by atoms with Gasteiger partial charge in [-0.3, -0.25) is 0 Å². The molecular formula is C9H13F. The minimum atomic E-state index is -0.195. The van der Waals surface area contributed by atoms with Crippen LogP contribution in [0.3, 0.4) is 0 Å². The molecule has 0 bridgehead atoms. The Labute approximate surface area is 61.8 Å². The van der Waals surface area contributed by atoms with Crippen LogP contribution in [0.15, 0.2) is 36.2 Å². The molecule has 0 aliphatic heterocycles. The van der Waals surface area contributed by atoms with Gasteiger partial charge < -0.3 is 0 Å². The second-order valence-electron chi connectivity index (χ2n) is 2.37. The molecule has 0 unspecified atom stereocenters. The van der Waals surface area contributed by atoms with Crippen molar-refractivity contribution in [1.29, 1.82) is 0 Å². The van der Waals surface area contributed by atoms with Crippen molar-refractivity contribution in [2.75, 3.05) is 0 Å². The molecule has 0 spiro atoms. The smallest absolute Gasteiger partial charge is 0.124 e. The molecule has 1 heteroatoms. The topological polar surface area (TPSA) is 0 Å². The summed E-state index contributed by atoms with van der Waals surface area (Å²) in [5.74, 6) is -0.195. The highest BCUT2D eigenvalue weighted by Gasteiger charge is 1.98. The van der Waals surface area contributed by atoms with E-state index in [1.807, 2.05) is 0 Å². The van der Waals surface area contributed by atoms with Gasteiger partial charge in [0, 0.05) is 0 Å². The molecule has 0 aromatic rings. The Morgan fingerprint density at radius 1 is 1.50 bits per heavy atom. The summed E-state index contributed by atoms with van der Waals surface area (Å²) in [6.07, 6.45) is 2.27. The lowest BCUT2D eigenvalue weighted by atomic mass is 10.1. The highest BCUT2D eigenvalue weighted by molar-refractivity contribution is 5.25. The Morgan fingerprint density at radius 3 is 2.30 bits per heavy atom. The van der Waals surface area contributed by atoms with Crippen LogP contribution in [0.4, 0.5) is 4.39 Å². The minimum Gasteiger partial charge on any atom is -0.207 e. The summed E-state index contributed by atoms with van der Waals surface area (Å²) in [7, 11) is 0. The van der Waals surface area contributed by atoms with E-state index < -0.39 is 0 Å². The van der Waals surface area contributed by atoms with Crippen molar-refractivity contribution in [3.63, 3.8) is 0 Å². The van der Waals surface area contributed by atoms with Crippen molar-refractivity contribution >= 4 is 0 Å². The summed E-state index contributed by atoms with van der Waals surface area (Å²) in [5, 5.41) is 0. The third-order valence-electron chi connectivity index (χ3n) is 1.20. The van der Waals surface area contributed by atoms with Crippen molar-refractivity contribution in [3.8, 4) is 0 Å². The van der Waals surface area contributed by atoms with E-state index >= 15 is 0 Å². The van der Waals surface area contributed by atoms with Crippen LogP contribution in [0.25, 0.3) is 0 Å². The normalized spacial score (nSPS) is 12.3. The van der Waals surface area contributed by atoms with Gasteiger partial charge in [0.1, 0.15) is 5.83 Å². The van der Waals surface area contributed by atoms with E-state index in [1.54, 1.807) is 19.9 Å². The third-order valence-corrected chi connectivity index (χ3v) is 1.20. The maximum atomic E-state index is 12.8. The lowest BCUT2D eigenvalue weighted by Crippen LogP contribution is -1.81. The summed E-state index contributed by atoms with van der Waals surface area (Å²) in [6.45, 7) is 10.4. The van der Waals surface area contributed by atoms with Crippen LogP contribution in [-0.4, -0.2) is 0 Å². The van der Waals surface area contributed by atoms with Crippen LogP contribution in [0.2, 0.25) is 0 Å². The fourth-order valence-electron chi connectivity index (χ4n) is 0.670. The van der Waals surface area contributed by atoms with Crippen LogP contribution >= 0.6 is 0 Å². The molecule has 0 aromatic carbocycles. The van der Waals surface area contributed by atoms with Crippen molar-refractivity contribution in [2.45, 2.75) is 20.3 Å². The zero-order valence-electron chi connectivity index (χ0n) is 6.58. The summed E-state index contributed by atoms with van der Waals surface area (Å²) in [5.41, 5.74) is 1.18. The average molecular weight is 140 g/mol. The van der Waals surface area contributed by atoms with Gasteiger partial charge in [0.25, 0.3) is 0 Å². The van der Waals surface area contributed by atoms with Gasteiger partial charge in [-0.15, -0.1) is 6.58 Å². The molecule has 10 heavy (non-hydrogen) atoms. The predicted octanol–water partition coefficient (Wildman–Crippen LogP) is 3.38. The fraction of sp³-hybridized carbons (Fsp3) is 0.333. The van der Waals surface area contributed by atoms with E-state index in [-0.39, 0.29) is 5.83 Å². The maximum absolute atomic E-state index is 12.8. The van der Waals surface area contributed by atoms with E-state index in [0.29, 0.717) is 17.6 Å². The van der Waals surface area contributed by atoms with Gasteiger partial charge in [0.15, 0.2) is 0 Å². The quantitative estimate of drug-likeness (QED) is 0.416. The molecular weight excluding hydrogens is 127 g/mol. The van der Waals surface area contributed by atoms with Gasteiger partial charge in [-0.1, -0.05) is 12.7 Å². The molecule has 0 atom stereocenters. The summed E-state index contributed by atoms with van der Waals surface area (Å²) < 4.78 is 12.8. The van der Waals surface area contributed by atoms with Gasteiger partial charge in [-0.05, 0) is 31.4 Å². The molecule has 0 amide bonds. The van der Waals surface area contributed by atoms with Gasteiger partial charge in [0.05, 0.1) is 0 Å². The van der Waals surface area contributed by atoms with E-state index in [9.17, 15) is 4.39 Å². The van der Waals surface area contributed by atoms with E-state index in [1.165, 1.54) is 0 Å². The van der Waals surface area contributed by atoms with Crippen molar-refractivity contribution in [1.82, 2.24) is 0 Å². The standard InChI is InChI=1S/C9H13F/c1-5-6-8(4)9(10)7(2)3/h5H,1-2,6H2,3-4H3/b9-8+. The first-order valence-electron chi connectivity index (χ1n) is 3.21. The molecule has 56 valence electrons. The highest BCUT2D eigenvalue weighted by atomic mass is 19.1. The molecule has 0 aliphatic rings. The molecule has 0 saturated heterocycles. The molecule has 0 rings (SSSR count). The van der Waals surface area contributed by atoms with Crippen molar-refractivity contribution in [2.24, 2.45) is 0 Å². The number of rotatable bonds is 3. The number of hydrogen-bond donors (Lipinski definition) is 0. The Balaban J connectivity index is 4.33. The molecule has 0 saturated carbocycles. The summed E-state index contributed by atoms with van der Waals surface area (Å²) >= 11 is 0. The monoisotopic (exact) mass is 140 g/mol. The van der Waals surface area contributed by atoms with Crippen LogP contribution in [0, 0.1) is 0 Å². The highest BCUT2D eigenvalue weighted by Crippen LogP contribution is 2.16. The van der Waals surface area contributed by atoms with E-state index in [2.05, 4.69) is 13.2 Å². The average Bonchev–Trinajstić information content (AvgIpc) is 1.87. The molecule has 0 radical (unpaired) electrons. The molecule has 0 aromatic heterocycles. The van der Waals surface area contributed by atoms with Crippen LogP contribution in [0.1, 0.15) is 20.3 Å². The lowest BCUT2D eigenvalue weighted by Gasteiger charge is -1.99. The third kappa shape index (κ3) is 2.62. The Bertz CT molecular complexity index is 175. The lowest BCUT2D eigenvalue weighted by molar-refractivity contribution is 0.636. The Morgan fingerprint density at radius 2 is 2.00 bits per heavy atom. The first kappa shape index (κ1) is 9.15. The zero-order valence-corrected chi connectivity index (χ0v) is 6.58. The SMILES string of the molecule is C=CC/C(C)=C(/F)C(=C)C. The van der Waals surface area contributed by atoms with Gasteiger partial charge >= 0.3 is 0 Å². The second kappa shape index (κ2) is 4.04. The molecule has 0 nitrogen and oxygen atoms in total. The minimum absolute atomic E-state index is 0.195. The Hall–Kier alpha value is -0.850. The van der Waals surface area contributed by atoms with E-state index in [4.69, 9.17) is 0 Å². The Kier molecular flexibility index (Phi) is 3.70. The van der Waals surface area contributed by atoms with Crippen molar-refractivity contribution < 1.29 is 4.39 Å². The largest absolute Gasteiger partial charge is 0.207 e. The van der Waals surface area contributed by atoms with Crippen LogP contribution < -0.4 is 0 Å². The molecule has 0 aliphatic carbocycles. The maximum Gasteiger partial charge on any atom is 0.124 e. The predicted molar refractivity (Wildman–Crippen MR) is 43.4 cm³/mol. The van der Waals surface area contributed by atoms with Crippen molar-refractivity contribution in [3.05, 3.63) is 36.2 Å². The second-order valence-corrected chi connectivity index (χ2v) is 2.37. The van der Waals surface area contributed by atoms with Gasteiger partial charge in [-0.25, -0.2) is 4.39 Å². The zero-order chi connectivity index (χ0) is 8.15. The van der Waals surface area contributed by atoms with Gasteiger partial charge in [0.2, 0.25) is 0 Å². The summed E-state index contributed by atoms with van der Waals surface area (Å²) in [6, 6.07) is 0.